The molecule has 1 aliphatic heterocycles. The molecule has 0 aromatic rings. The lowest BCUT2D eigenvalue weighted by Crippen LogP contribution is -2.43. The molecule has 120 valence electrons. The molecule has 20 heavy (non-hydrogen) atoms. The third-order valence-electron chi connectivity index (χ3n) is 5.29. The fourth-order valence-electron chi connectivity index (χ4n) is 2.47. The Morgan fingerprint density at radius 2 is 1.55 bits per heavy atom. The molecular weight excluding hydrogens is 264 g/mol. The predicted octanol–water partition coefficient (Wildman–Crippen LogP) is 3.31. The minimum Gasteiger partial charge on any atom is -0.416 e. The van der Waals surface area contributed by atoms with Crippen LogP contribution in [0.2, 0.25) is 18.1 Å². The molecule has 4 heteroatoms. The fourth-order valence-corrected chi connectivity index (χ4v) is 3.54. The van der Waals surface area contributed by atoms with E-state index in [1.54, 1.807) is 0 Å². The Balaban J connectivity index is 2.64. The highest BCUT2D eigenvalue weighted by atomic mass is 28.4. The van der Waals surface area contributed by atoms with Crippen LogP contribution in [0.5, 0.6) is 0 Å². The van der Waals surface area contributed by atoms with Crippen molar-refractivity contribution in [2.45, 2.75) is 65.2 Å². The average molecular weight is 301 g/mol. The minimum atomic E-state index is -1.64. The van der Waals surface area contributed by atoms with Crippen molar-refractivity contribution in [3.63, 3.8) is 0 Å². The monoisotopic (exact) mass is 300 g/mol. The van der Waals surface area contributed by atoms with Gasteiger partial charge in [-0.05, 0) is 57.3 Å². The van der Waals surface area contributed by atoms with Gasteiger partial charge in [-0.3, -0.25) is 4.90 Å². The lowest BCUT2D eigenvalue weighted by Gasteiger charge is -2.37. The van der Waals surface area contributed by atoms with Crippen LogP contribution < -0.4 is 5.73 Å². The van der Waals surface area contributed by atoms with Crippen molar-refractivity contribution in [2.24, 2.45) is 17.6 Å². The van der Waals surface area contributed by atoms with Crippen molar-refractivity contribution in [3.05, 3.63) is 0 Å². The number of hydrogen-bond donors (Lipinski definition) is 1. The van der Waals surface area contributed by atoms with Crippen molar-refractivity contribution in [1.29, 1.82) is 0 Å². The summed E-state index contributed by atoms with van der Waals surface area (Å²) >= 11 is 0. The number of hydrogen-bond acceptors (Lipinski definition) is 3. The van der Waals surface area contributed by atoms with Crippen LogP contribution >= 0.6 is 0 Å². The molecule has 1 heterocycles. The summed E-state index contributed by atoms with van der Waals surface area (Å²) in [6.07, 6.45) is 0. The van der Waals surface area contributed by atoms with E-state index in [0.717, 1.165) is 26.2 Å². The number of rotatable bonds is 4. The van der Waals surface area contributed by atoms with Crippen LogP contribution in [0.25, 0.3) is 0 Å². The van der Waals surface area contributed by atoms with Crippen LogP contribution in [0, 0.1) is 11.8 Å². The Morgan fingerprint density at radius 3 is 1.95 bits per heavy atom. The minimum absolute atomic E-state index is 0.235. The Hall–Kier alpha value is 0.0969. The smallest absolute Gasteiger partial charge is 0.191 e. The summed E-state index contributed by atoms with van der Waals surface area (Å²) in [6.45, 7) is 22.3. The second kappa shape index (κ2) is 6.07. The highest BCUT2D eigenvalue weighted by Crippen LogP contribution is 2.38. The van der Waals surface area contributed by atoms with Crippen LogP contribution in [0.1, 0.15) is 41.5 Å². The molecule has 2 N–H and O–H groups in total. The van der Waals surface area contributed by atoms with Crippen LogP contribution in [-0.2, 0) is 4.43 Å². The molecule has 0 saturated carbocycles. The SMILES string of the molecule is CC(C)(C)N1CC(CN)C(CO[Si](C)(C)C(C)(C)C)C1. The lowest BCUT2D eigenvalue weighted by atomic mass is 9.97. The molecule has 0 aromatic carbocycles. The van der Waals surface area contributed by atoms with E-state index < -0.39 is 8.32 Å². The summed E-state index contributed by atoms with van der Waals surface area (Å²) in [5.41, 5.74) is 6.22. The van der Waals surface area contributed by atoms with E-state index in [-0.39, 0.29) is 10.6 Å². The van der Waals surface area contributed by atoms with Crippen molar-refractivity contribution >= 4 is 8.32 Å². The second-order valence-electron chi connectivity index (χ2n) is 8.90. The van der Waals surface area contributed by atoms with E-state index in [1.165, 1.54) is 0 Å². The van der Waals surface area contributed by atoms with Crippen molar-refractivity contribution < 1.29 is 4.43 Å². The summed E-state index contributed by atoms with van der Waals surface area (Å²) in [6, 6.07) is 0. The van der Waals surface area contributed by atoms with E-state index >= 15 is 0 Å². The largest absolute Gasteiger partial charge is 0.416 e. The average Bonchev–Trinajstić information content (AvgIpc) is 2.67. The summed E-state index contributed by atoms with van der Waals surface area (Å²) in [7, 11) is -1.64. The van der Waals surface area contributed by atoms with Gasteiger partial charge < -0.3 is 10.2 Å². The molecule has 0 radical (unpaired) electrons. The quantitative estimate of drug-likeness (QED) is 0.810. The standard InChI is InChI=1S/C16H36N2OSi/c1-15(2,3)18-10-13(9-17)14(11-18)12-19-20(7,8)16(4,5)6/h13-14H,9-12,17H2,1-8H3. The van der Waals surface area contributed by atoms with Gasteiger partial charge >= 0.3 is 0 Å². The number of nitrogens with two attached hydrogens (primary N) is 1. The van der Waals surface area contributed by atoms with Gasteiger partial charge in [0.05, 0.1) is 0 Å². The first-order valence-corrected chi connectivity index (χ1v) is 10.9. The van der Waals surface area contributed by atoms with Gasteiger partial charge in [0, 0.05) is 25.2 Å². The molecule has 0 spiro atoms. The van der Waals surface area contributed by atoms with E-state index in [0.29, 0.717) is 11.8 Å². The van der Waals surface area contributed by atoms with Crippen molar-refractivity contribution in [3.8, 4) is 0 Å². The summed E-state index contributed by atoms with van der Waals surface area (Å²) in [5, 5.41) is 0.285. The van der Waals surface area contributed by atoms with E-state index in [1.807, 2.05) is 0 Å². The second-order valence-corrected chi connectivity index (χ2v) is 13.7. The zero-order valence-corrected chi connectivity index (χ0v) is 15.9. The predicted molar refractivity (Wildman–Crippen MR) is 90.5 cm³/mol. The first kappa shape index (κ1) is 18.1. The van der Waals surface area contributed by atoms with E-state index in [2.05, 4.69) is 59.5 Å². The first-order valence-electron chi connectivity index (χ1n) is 7.97. The van der Waals surface area contributed by atoms with E-state index in [9.17, 15) is 0 Å². The Kier molecular flexibility index (Phi) is 5.51. The third kappa shape index (κ3) is 4.29. The summed E-state index contributed by atoms with van der Waals surface area (Å²) in [4.78, 5) is 2.56. The third-order valence-corrected chi connectivity index (χ3v) is 9.79. The zero-order chi connectivity index (χ0) is 15.8. The summed E-state index contributed by atoms with van der Waals surface area (Å²) < 4.78 is 6.43. The van der Waals surface area contributed by atoms with Crippen LogP contribution in [0.3, 0.4) is 0 Å². The Labute approximate surface area is 127 Å². The molecule has 0 aliphatic carbocycles. The van der Waals surface area contributed by atoms with Gasteiger partial charge in [0.25, 0.3) is 0 Å². The molecule has 2 atom stereocenters. The lowest BCUT2D eigenvalue weighted by molar-refractivity contribution is 0.155. The molecule has 1 rings (SSSR count). The molecule has 0 bridgehead atoms. The summed E-state index contributed by atoms with van der Waals surface area (Å²) in [5.74, 6) is 1.17. The van der Waals surface area contributed by atoms with Crippen molar-refractivity contribution in [1.82, 2.24) is 4.90 Å². The number of nitrogens with zero attached hydrogens (tertiary/aromatic N) is 1. The highest BCUT2D eigenvalue weighted by Gasteiger charge is 2.41. The maximum Gasteiger partial charge on any atom is 0.191 e. The molecule has 1 aliphatic rings. The van der Waals surface area contributed by atoms with Crippen LogP contribution in [0.4, 0.5) is 0 Å². The van der Waals surface area contributed by atoms with Gasteiger partial charge in [-0.1, -0.05) is 20.8 Å². The maximum absolute atomic E-state index is 6.43. The Morgan fingerprint density at radius 1 is 1.05 bits per heavy atom. The van der Waals surface area contributed by atoms with Crippen LogP contribution in [0.15, 0.2) is 0 Å². The number of likely N-dealkylation sites (tertiary alicyclic amines) is 1. The highest BCUT2D eigenvalue weighted by molar-refractivity contribution is 6.74. The molecule has 3 nitrogen and oxygen atoms in total. The first-order chi connectivity index (χ1) is 8.88. The van der Waals surface area contributed by atoms with Gasteiger partial charge in [-0.25, -0.2) is 0 Å². The van der Waals surface area contributed by atoms with Gasteiger partial charge in [-0.2, -0.15) is 0 Å². The molecule has 0 amide bonds. The van der Waals surface area contributed by atoms with Gasteiger partial charge in [0.15, 0.2) is 8.32 Å². The van der Waals surface area contributed by atoms with Crippen molar-refractivity contribution in [2.75, 3.05) is 26.2 Å². The van der Waals surface area contributed by atoms with Crippen LogP contribution in [-0.4, -0.2) is 45.0 Å². The molecule has 1 fully saturated rings. The molecular formula is C16H36N2OSi. The van der Waals surface area contributed by atoms with Gasteiger partial charge in [-0.15, -0.1) is 0 Å². The molecule has 1 saturated heterocycles. The normalized spacial score (nSPS) is 26.2. The fraction of sp³-hybridized carbons (Fsp3) is 1.00. The zero-order valence-electron chi connectivity index (χ0n) is 14.9. The molecule has 0 aromatic heterocycles. The van der Waals surface area contributed by atoms with E-state index in [4.69, 9.17) is 10.2 Å². The Bertz CT molecular complexity index is 317. The van der Waals surface area contributed by atoms with Gasteiger partial charge in [0.2, 0.25) is 0 Å². The molecule has 2 unspecified atom stereocenters. The maximum atomic E-state index is 6.43. The van der Waals surface area contributed by atoms with Gasteiger partial charge in [0.1, 0.15) is 0 Å². The topological polar surface area (TPSA) is 38.5 Å².